The van der Waals surface area contributed by atoms with Gasteiger partial charge in [0.1, 0.15) is 5.82 Å². The zero-order chi connectivity index (χ0) is 15.5. The van der Waals surface area contributed by atoms with E-state index >= 15 is 0 Å². The fraction of sp³-hybridized carbons (Fsp3) is 0.308. The molecule has 0 amide bonds. The third-order valence-corrected chi connectivity index (χ3v) is 2.77. The summed E-state index contributed by atoms with van der Waals surface area (Å²) in [6.45, 7) is 0.218. The molecule has 0 fully saturated rings. The molecule has 1 unspecified atom stereocenters. The summed E-state index contributed by atoms with van der Waals surface area (Å²) in [5, 5.41) is 16.3. The van der Waals surface area contributed by atoms with E-state index in [2.05, 4.69) is 10.4 Å². The van der Waals surface area contributed by atoms with Crippen LogP contribution in [0.2, 0.25) is 0 Å². The summed E-state index contributed by atoms with van der Waals surface area (Å²) in [5.74, 6) is -1.33. The molecule has 0 spiro atoms. The maximum absolute atomic E-state index is 13.1. The van der Waals surface area contributed by atoms with E-state index in [0.29, 0.717) is 6.07 Å². The van der Waals surface area contributed by atoms with Crippen molar-refractivity contribution >= 4 is 5.69 Å². The Balaban J connectivity index is 1.97. The van der Waals surface area contributed by atoms with Crippen LogP contribution in [0.3, 0.4) is 0 Å². The zero-order valence-corrected chi connectivity index (χ0v) is 10.8. The van der Waals surface area contributed by atoms with E-state index in [1.165, 1.54) is 10.7 Å². The molecule has 0 saturated heterocycles. The van der Waals surface area contributed by atoms with Crippen molar-refractivity contribution < 1.29 is 22.7 Å². The first kappa shape index (κ1) is 15.3. The van der Waals surface area contributed by atoms with Gasteiger partial charge in [-0.05, 0) is 24.3 Å². The second-order valence-corrected chi connectivity index (χ2v) is 4.46. The van der Waals surface area contributed by atoms with Gasteiger partial charge < -0.3 is 10.4 Å². The smallest absolute Gasteiger partial charge is 0.389 e. The number of halogens is 4. The second-order valence-electron chi connectivity index (χ2n) is 4.46. The number of benzene rings is 1. The molecule has 0 bridgehead atoms. The molecule has 2 N–H and O–H groups in total. The molecule has 114 valence electrons. The number of alkyl halides is 3. The average molecular weight is 303 g/mol. The number of anilines is 1. The highest BCUT2D eigenvalue weighted by Crippen LogP contribution is 2.32. The lowest BCUT2D eigenvalue weighted by atomic mass is 10.1. The Labute approximate surface area is 118 Å². The van der Waals surface area contributed by atoms with Crippen LogP contribution < -0.4 is 5.32 Å². The van der Waals surface area contributed by atoms with E-state index in [0.717, 1.165) is 6.07 Å². The Morgan fingerprint density at radius 1 is 1.33 bits per heavy atom. The van der Waals surface area contributed by atoms with Crippen LogP contribution in [0, 0.1) is 5.82 Å². The number of nitrogens with one attached hydrogen (secondary N) is 1. The van der Waals surface area contributed by atoms with E-state index in [1.54, 1.807) is 18.5 Å². The molecule has 0 aliphatic rings. The van der Waals surface area contributed by atoms with Gasteiger partial charge in [0.05, 0.1) is 18.2 Å². The SMILES string of the molecule is OC(CNc1ccc(F)c(C(F)(F)F)c1)Cn1cccn1. The van der Waals surface area contributed by atoms with Gasteiger partial charge in [0, 0.05) is 24.6 Å². The predicted octanol–water partition coefficient (Wildman–Crippen LogP) is 2.51. The minimum atomic E-state index is -4.75. The van der Waals surface area contributed by atoms with Crippen LogP contribution in [0.5, 0.6) is 0 Å². The fourth-order valence-corrected chi connectivity index (χ4v) is 1.78. The monoisotopic (exact) mass is 303 g/mol. The number of rotatable bonds is 5. The molecule has 1 heterocycles. The topological polar surface area (TPSA) is 50.1 Å². The van der Waals surface area contributed by atoms with Crippen LogP contribution in [0.25, 0.3) is 0 Å². The van der Waals surface area contributed by atoms with E-state index in [9.17, 15) is 22.7 Å². The van der Waals surface area contributed by atoms with Crippen molar-refractivity contribution in [2.24, 2.45) is 0 Å². The maximum Gasteiger partial charge on any atom is 0.419 e. The molecule has 1 atom stereocenters. The Kier molecular flexibility index (Phi) is 4.46. The number of hydrogen-bond donors (Lipinski definition) is 2. The fourth-order valence-electron chi connectivity index (χ4n) is 1.78. The summed E-state index contributed by atoms with van der Waals surface area (Å²) >= 11 is 0. The van der Waals surface area contributed by atoms with Crippen molar-refractivity contribution in [1.82, 2.24) is 9.78 Å². The van der Waals surface area contributed by atoms with Crippen molar-refractivity contribution in [1.29, 1.82) is 0 Å². The standard InChI is InChI=1S/C13H13F4N3O/c14-12-3-2-9(6-11(12)13(15,16)17)18-7-10(21)8-20-5-1-4-19-20/h1-6,10,18,21H,7-8H2. The van der Waals surface area contributed by atoms with Gasteiger partial charge in [-0.2, -0.15) is 18.3 Å². The van der Waals surface area contributed by atoms with Crippen LogP contribution in [0.4, 0.5) is 23.2 Å². The number of aliphatic hydroxyl groups is 1. The molecule has 0 aliphatic heterocycles. The average Bonchev–Trinajstić information content (AvgIpc) is 2.89. The van der Waals surface area contributed by atoms with Gasteiger partial charge in [-0.3, -0.25) is 4.68 Å². The first-order valence-corrected chi connectivity index (χ1v) is 6.12. The summed E-state index contributed by atoms with van der Waals surface area (Å²) in [4.78, 5) is 0. The van der Waals surface area contributed by atoms with E-state index in [4.69, 9.17) is 0 Å². The first-order valence-electron chi connectivity index (χ1n) is 6.12. The van der Waals surface area contributed by atoms with Crippen molar-refractivity contribution in [3.05, 3.63) is 48.0 Å². The van der Waals surface area contributed by atoms with E-state index in [-0.39, 0.29) is 18.8 Å². The molecule has 0 radical (unpaired) electrons. The quantitative estimate of drug-likeness (QED) is 0.835. The van der Waals surface area contributed by atoms with Crippen LogP contribution in [-0.4, -0.2) is 27.5 Å². The first-order chi connectivity index (χ1) is 9.86. The van der Waals surface area contributed by atoms with Crippen LogP contribution in [-0.2, 0) is 12.7 Å². The van der Waals surface area contributed by atoms with E-state index in [1.807, 2.05) is 0 Å². The summed E-state index contributed by atoms with van der Waals surface area (Å²) in [7, 11) is 0. The Morgan fingerprint density at radius 3 is 2.71 bits per heavy atom. The number of hydrogen-bond acceptors (Lipinski definition) is 3. The molecular weight excluding hydrogens is 290 g/mol. The highest BCUT2D eigenvalue weighted by molar-refractivity contribution is 5.47. The highest BCUT2D eigenvalue weighted by atomic mass is 19.4. The number of nitrogens with zero attached hydrogens (tertiary/aromatic N) is 2. The molecule has 8 heteroatoms. The van der Waals surface area contributed by atoms with Crippen molar-refractivity contribution in [3.8, 4) is 0 Å². The summed E-state index contributed by atoms with van der Waals surface area (Å²) in [6, 6.07) is 4.29. The van der Waals surface area contributed by atoms with Gasteiger partial charge in [0.15, 0.2) is 0 Å². The van der Waals surface area contributed by atoms with Gasteiger partial charge >= 0.3 is 6.18 Å². The Morgan fingerprint density at radius 2 is 2.10 bits per heavy atom. The lowest BCUT2D eigenvalue weighted by Crippen LogP contribution is -2.25. The molecule has 21 heavy (non-hydrogen) atoms. The van der Waals surface area contributed by atoms with Gasteiger partial charge in [-0.1, -0.05) is 0 Å². The number of aromatic nitrogens is 2. The third-order valence-electron chi connectivity index (χ3n) is 2.77. The lowest BCUT2D eigenvalue weighted by Gasteiger charge is -2.14. The third kappa shape index (κ3) is 4.19. The van der Waals surface area contributed by atoms with Gasteiger partial charge in [-0.15, -0.1) is 0 Å². The maximum atomic E-state index is 13.1. The minimum Gasteiger partial charge on any atom is -0.389 e. The molecule has 1 aromatic carbocycles. The van der Waals surface area contributed by atoms with Gasteiger partial charge in [0.25, 0.3) is 0 Å². The van der Waals surface area contributed by atoms with Gasteiger partial charge in [-0.25, -0.2) is 4.39 Å². The molecule has 2 aromatic rings. The molecule has 4 nitrogen and oxygen atoms in total. The molecule has 0 saturated carbocycles. The van der Waals surface area contributed by atoms with Crippen molar-refractivity contribution in [2.75, 3.05) is 11.9 Å². The lowest BCUT2D eigenvalue weighted by molar-refractivity contribution is -0.139. The summed E-state index contributed by atoms with van der Waals surface area (Å²) in [5.41, 5.74) is -1.25. The largest absolute Gasteiger partial charge is 0.419 e. The van der Waals surface area contributed by atoms with Crippen molar-refractivity contribution in [2.45, 2.75) is 18.8 Å². The molecule has 1 aromatic heterocycles. The number of aliphatic hydroxyl groups excluding tert-OH is 1. The predicted molar refractivity (Wildman–Crippen MR) is 68.1 cm³/mol. The van der Waals surface area contributed by atoms with Crippen LogP contribution in [0.15, 0.2) is 36.7 Å². The molecule has 2 rings (SSSR count). The van der Waals surface area contributed by atoms with Crippen LogP contribution in [0.1, 0.15) is 5.56 Å². The summed E-state index contributed by atoms with van der Waals surface area (Å²) < 4.78 is 52.3. The van der Waals surface area contributed by atoms with Crippen molar-refractivity contribution in [3.63, 3.8) is 0 Å². The highest BCUT2D eigenvalue weighted by Gasteiger charge is 2.34. The van der Waals surface area contributed by atoms with E-state index < -0.39 is 23.7 Å². The Hall–Kier alpha value is -2.09. The normalized spacial score (nSPS) is 13.2. The van der Waals surface area contributed by atoms with Crippen LogP contribution >= 0.6 is 0 Å². The zero-order valence-electron chi connectivity index (χ0n) is 10.8. The summed E-state index contributed by atoms with van der Waals surface area (Å²) in [6.07, 6.45) is -2.39. The second kappa shape index (κ2) is 6.13. The Bertz CT molecular complexity index is 584. The minimum absolute atomic E-state index is 0.0167. The molecule has 0 aliphatic carbocycles. The molecular formula is C13H13F4N3O. The van der Waals surface area contributed by atoms with Gasteiger partial charge in [0.2, 0.25) is 0 Å².